The quantitative estimate of drug-likeness (QED) is 0.733. The molecule has 2 heterocycles. The largest absolute Gasteiger partial charge is 0.434 e. The molecule has 2 fully saturated rings. The Morgan fingerprint density at radius 2 is 2.09 bits per heavy atom. The van der Waals surface area contributed by atoms with Gasteiger partial charge in [-0.15, -0.1) is 0 Å². The first-order valence-electron chi connectivity index (χ1n) is 7.49. The highest BCUT2D eigenvalue weighted by atomic mass is 16.7. The zero-order valence-corrected chi connectivity index (χ0v) is 12.6. The fraction of sp³-hybridized carbons (Fsp3) is 0.467. The van der Waals surface area contributed by atoms with Crippen LogP contribution in [0.25, 0.3) is 0 Å². The van der Waals surface area contributed by atoms with Gasteiger partial charge in [0.15, 0.2) is 0 Å². The normalized spacial score (nSPS) is 23.8. The lowest BCUT2D eigenvalue weighted by atomic mass is 9.82. The second kappa shape index (κ2) is 6.50. The number of rotatable bonds is 6. The van der Waals surface area contributed by atoms with Crippen molar-refractivity contribution in [3.63, 3.8) is 0 Å². The summed E-state index contributed by atoms with van der Waals surface area (Å²) in [4.78, 5) is 31.8. The zero-order chi connectivity index (χ0) is 15.5. The van der Waals surface area contributed by atoms with Gasteiger partial charge in [-0.05, 0) is 18.4 Å². The smallest absolute Gasteiger partial charge is 0.353 e. The second-order valence-corrected chi connectivity index (χ2v) is 5.67. The molecule has 0 unspecified atom stereocenters. The third-order valence-electron chi connectivity index (χ3n) is 4.19. The first kappa shape index (κ1) is 15.1. The summed E-state index contributed by atoms with van der Waals surface area (Å²) in [5, 5.41) is 1.44. The van der Waals surface area contributed by atoms with Gasteiger partial charge in [0.25, 0.3) is 0 Å². The van der Waals surface area contributed by atoms with E-state index in [0.29, 0.717) is 19.6 Å². The van der Waals surface area contributed by atoms with Crippen molar-refractivity contribution >= 4 is 19.2 Å². The molecule has 0 aromatic heterocycles. The minimum absolute atomic E-state index is 0.0304. The van der Waals surface area contributed by atoms with Crippen molar-refractivity contribution < 1.29 is 19.1 Å². The molecule has 116 valence electrons. The van der Waals surface area contributed by atoms with Crippen LogP contribution in [0.3, 0.4) is 0 Å². The van der Waals surface area contributed by atoms with Crippen LogP contribution in [0, 0.1) is 0 Å². The minimum Gasteiger partial charge on any atom is -0.434 e. The minimum atomic E-state index is -0.381. The predicted octanol–water partition coefficient (Wildman–Crippen LogP) is 0.911. The fourth-order valence-corrected chi connectivity index (χ4v) is 3.09. The van der Waals surface area contributed by atoms with Crippen LogP contribution in [-0.2, 0) is 20.9 Å². The number of hydroxylamine groups is 2. The van der Waals surface area contributed by atoms with Crippen LogP contribution >= 0.6 is 0 Å². The van der Waals surface area contributed by atoms with E-state index in [-0.39, 0.29) is 31.3 Å². The first-order chi connectivity index (χ1) is 10.7. The van der Waals surface area contributed by atoms with Crippen molar-refractivity contribution in [2.45, 2.75) is 31.5 Å². The Labute approximate surface area is 130 Å². The molecule has 2 atom stereocenters. The van der Waals surface area contributed by atoms with Crippen LogP contribution in [0.1, 0.15) is 18.4 Å². The number of nitrogens with zero attached hydrogens (tertiary/aromatic N) is 2. The Morgan fingerprint density at radius 3 is 2.82 bits per heavy atom. The molecule has 6 nitrogen and oxygen atoms in total. The molecule has 1 aromatic rings. The third-order valence-corrected chi connectivity index (χ3v) is 4.19. The van der Waals surface area contributed by atoms with E-state index in [1.54, 1.807) is 4.90 Å². The highest BCUT2D eigenvalue weighted by Gasteiger charge is 2.47. The van der Waals surface area contributed by atoms with E-state index < -0.39 is 0 Å². The van der Waals surface area contributed by atoms with E-state index in [2.05, 4.69) is 0 Å². The highest BCUT2D eigenvalue weighted by molar-refractivity contribution is 6.70. The molecule has 2 aliphatic heterocycles. The molecule has 1 aromatic carbocycles. The van der Waals surface area contributed by atoms with Gasteiger partial charge in [0.2, 0.25) is 0 Å². The van der Waals surface area contributed by atoms with Gasteiger partial charge >= 0.3 is 13.5 Å². The molecule has 0 spiro atoms. The number of hydrogen-bond donors (Lipinski definition) is 0. The molecule has 0 aliphatic carbocycles. The van der Waals surface area contributed by atoms with Crippen LogP contribution < -0.4 is 0 Å². The van der Waals surface area contributed by atoms with E-state index >= 15 is 0 Å². The Hall–Kier alpha value is -1.86. The molecule has 3 rings (SSSR count). The van der Waals surface area contributed by atoms with Gasteiger partial charge in [-0.3, -0.25) is 4.84 Å². The Bertz CT molecular complexity index is 554. The van der Waals surface area contributed by atoms with Crippen LogP contribution in [0.4, 0.5) is 4.79 Å². The number of hydrogen-bond acceptors (Lipinski definition) is 4. The van der Waals surface area contributed by atoms with Crippen molar-refractivity contribution in [2.75, 3.05) is 13.7 Å². The maximum absolute atomic E-state index is 12.5. The Balaban J connectivity index is 1.64. The molecule has 0 radical (unpaired) electrons. The topological polar surface area (TPSA) is 59.1 Å². The molecule has 2 aliphatic rings. The lowest BCUT2D eigenvalue weighted by Gasteiger charge is -2.28. The molecular formula is C15H19BN2O4. The first-order valence-corrected chi connectivity index (χ1v) is 7.49. The molecule has 7 heteroatoms. The number of carbonyl (C=O) groups is 2. The van der Waals surface area contributed by atoms with Gasteiger partial charge in [-0.25, -0.2) is 4.79 Å². The Kier molecular flexibility index (Phi) is 4.45. The Morgan fingerprint density at radius 1 is 1.32 bits per heavy atom. The summed E-state index contributed by atoms with van der Waals surface area (Å²) >= 11 is 0. The summed E-state index contributed by atoms with van der Waals surface area (Å²) in [7, 11) is 1.54. The van der Waals surface area contributed by atoms with Gasteiger partial charge in [0, 0.05) is 13.7 Å². The van der Waals surface area contributed by atoms with Crippen molar-refractivity contribution in [3.05, 3.63) is 35.9 Å². The van der Waals surface area contributed by atoms with Crippen LogP contribution in [0.2, 0.25) is 0 Å². The van der Waals surface area contributed by atoms with Crippen molar-refractivity contribution in [1.82, 2.24) is 9.96 Å². The highest BCUT2D eigenvalue weighted by Crippen LogP contribution is 2.30. The van der Waals surface area contributed by atoms with E-state index in [1.165, 1.54) is 12.2 Å². The number of amides is 2. The monoisotopic (exact) mass is 302 g/mol. The average molecular weight is 302 g/mol. The second-order valence-electron chi connectivity index (χ2n) is 5.67. The molecule has 2 saturated heterocycles. The van der Waals surface area contributed by atoms with Crippen molar-refractivity contribution in [2.24, 2.45) is 0 Å². The lowest BCUT2D eigenvalue weighted by Crippen LogP contribution is -2.47. The van der Waals surface area contributed by atoms with E-state index in [9.17, 15) is 9.59 Å². The molecule has 2 amide bonds. The summed E-state index contributed by atoms with van der Waals surface area (Å²) in [6.45, 7) is 0.904. The molecule has 0 saturated carbocycles. The van der Waals surface area contributed by atoms with Gasteiger partial charge in [0.05, 0.1) is 12.1 Å². The molecule has 2 bridgehead atoms. The van der Waals surface area contributed by atoms with E-state index in [4.69, 9.17) is 9.49 Å². The van der Waals surface area contributed by atoms with Gasteiger partial charge in [0.1, 0.15) is 12.3 Å². The summed E-state index contributed by atoms with van der Waals surface area (Å²) in [6.07, 6.45) is 1.45. The average Bonchev–Trinajstić information content (AvgIpc) is 2.78. The summed E-state index contributed by atoms with van der Waals surface area (Å²) < 4.78 is 4.90. The van der Waals surface area contributed by atoms with Gasteiger partial charge in [-0.2, -0.15) is 5.06 Å². The number of urea groups is 1. The lowest BCUT2D eigenvalue weighted by molar-refractivity contribution is -0.140. The van der Waals surface area contributed by atoms with Gasteiger partial charge in [-0.1, -0.05) is 30.3 Å². The van der Waals surface area contributed by atoms with E-state index in [1.807, 2.05) is 30.3 Å². The zero-order valence-electron chi connectivity index (χ0n) is 12.6. The predicted molar refractivity (Wildman–Crippen MR) is 81.1 cm³/mol. The SMILES string of the molecule is COBC(=O)[C@@H]1CC[C@@H]2CN1C(=O)N2OCc1ccccc1. The van der Waals surface area contributed by atoms with Crippen LogP contribution in [-0.4, -0.2) is 54.9 Å². The number of fused-ring (bicyclic) bond motifs is 2. The van der Waals surface area contributed by atoms with E-state index in [0.717, 1.165) is 12.0 Å². The molecular weight excluding hydrogens is 283 g/mol. The van der Waals surface area contributed by atoms with Crippen molar-refractivity contribution in [3.8, 4) is 0 Å². The maximum Gasteiger partial charge on any atom is 0.353 e. The summed E-state index contributed by atoms with van der Waals surface area (Å²) in [6, 6.07) is 9.16. The third kappa shape index (κ3) is 2.87. The van der Waals surface area contributed by atoms with Gasteiger partial charge < -0.3 is 14.3 Å². The van der Waals surface area contributed by atoms with Crippen LogP contribution in [0.15, 0.2) is 30.3 Å². The maximum atomic E-state index is 12.5. The fourth-order valence-electron chi connectivity index (χ4n) is 3.09. The van der Waals surface area contributed by atoms with Crippen molar-refractivity contribution in [1.29, 1.82) is 0 Å². The standard InChI is InChI=1S/C15H19BN2O4/c1-21-16-14(19)13-8-7-12-9-17(13)15(20)18(12)22-10-11-5-3-2-4-6-11/h2-6,12-13,16H,7-10H2,1H3/t12-,13+/m1/s1. The molecule has 22 heavy (non-hydrogen) atoms. The summed E-state index contributed by atoms with van der Waals surface area (Å²) in [5.41, 5.74) is 0.970. The number of carbonyl (C=O) groups excluding carboxylic acids is 2. The van der Waals surface area contributed by atoms with Crippen LogP contribution in [0.5, 0.6) is 0 Å². The number of piperidine rings is 1. The summed E-state index contributed by atoms with van der Waals surface area (Å²) in [5.74, 6) is 0. The number of benzene rings is 1. The molecule has 0 N–H and O–H groups in total.